The van der Waals surface area contributed by atoms with E-state index in [4.69, 9.17) is 32.7 Å². The van der Waals surface area contributed by atoms with Crippen molar-refractivity contribution in [2.24, 2.45) is 0 Å². The smallest absolute Gasteiger partial charge is 0.268 e. The van der Waals surface area contributed by atoms with E-state index in [0.29, 0.717) is 65.3 Å². The van der Waals surface area contributed by atoms with Gasteiger partial charge >= 0.3 is 0 Å². The van der Waals surface area contributed by atoms with Crippen molar-refractivity contribution in [1.82, 2.24) is 17.7 Å². The summed E-state index contributed by atoms with van der Waals surface area (Å²) in [7, 11) is -2.03. The molecule has 0 radical (unpaired) electrons. The molecule has 0 fully saturated rings. The molecule has 2 heterocycles. The van der Waals surface area contributed by atoms with E-state index in [0.717, 1.165) is 5.56 Å². The normalized spacial score (nSPS) is 13.1. The van der Waals surface area contributed by atoms with Gasteiger partial charge in [-0.25, -0.2) is 24.8 Å². The zero-order valence-electron chi connectivity index (χ0n) is 30.7. The second-order valence-corrected chi connectivity index (χ2v) is 19.8. The maximum Gasteiger partial charge on any atom is 0.268 e. The molecule has 0 saturated carbocycles. The summed E-state index contributed by atoms with van der Waals surface area (Å²) in [6, 6.07) is 21.8. The Kier molecular flexibility index (Phi) is 12.7. The number of hydrogen-bond donors (Lipinski definition) is 0. The average Bonchev–Trinajstić information content (AvgIpc) is 3.70. The van der Waals surface area contributed by atoms with Crippen LogP contribution in [0.15, 0.2) is 110 Å². The molecule has 4 aromatic carbocycles. The van der Waals surface area contributed by atoms with Gasteiger partial charge in [-0.1, -0.05) is 67.4 Å². The molecular formula is C39H40Br2Cl2N4O6S2. The summed E-state index contributed by atoms with van der Waals surface area (Å²) in [6.45, 7) is 5.10. The lowest BCUT2D eigenvalue weighted by atomic mass is 10.0. The monoisotopic (exact) mass is 952 g/mol. The molecule has 55 heavy (non-hydrogen) atoms. The fraction of sp³-hybridized carbons (Fsp3) is 0.282. The third-order valence-corrected chi connectivity index (χ3v) is 14.3. The van der Waals surface area contributed by atoms with Crippen molar-refractivity contribution in [2.75, 3.05) is 40.9 Å². The fourth-order valence-electron chi connectivity index (χ4n) is 6.49. The predicted octanol–water partition coefficient (Wildman–Crippen LogP) is 9.69. The Morgan fingerprint density at radius 2 is 1.16 bits per heavy atom. The number of fused-ring (bicyclic) bond motifs is 2. The molecule has 0 aliphatic carbocycles. The van der Waals surface area contributed by atoms with E-state index < -0.39 is 20.0 Å². The van der Waals surface area contributed by atoms with Crippen LogP contribution in [0.1, 0.15) is 31.7 Å². The van der Waals surface area contributed by atoms with Gasteiger partial charge in [-0.3, -0.25) is 9.80 Å². The minimum Gasteiger partial charge on any atom is -0.491 e. The highest BCUT2D eigenvalue weighted by Crippen LogP contribution is 2.40. The maximum absolute atomic E-state index is 13.9. The van der Waals surface area contributed by atoms with Crippen LogP contribution in [0.4, 0.5) is 0 Å². The third kappa shape index (κ3) is 8.62. The van der Waals surface area contributed by atoms with Crippen molar-refractivity contribution in [3.8, 4) is 11.5 Å². The quantitative estimate of drug-likeness (QED) is 0.0939. The summed E-state index contributed by atoms with van der Waals surface area (Å²) in [4.78, 5) is 4.47. The summed E-state index contributed by atoms with van der Waals surface area (Å²) >= 11 is 19.9. The SMILES string of the molecule is CC(C)c1ccc(S(=O)(=O)n2cc(OCCN(C)C(CCOc3cn(S(=O)(=O)c4ccccc4)c4c(Br)cc(Cl)cc34)N(C)C)c3cc(Cl)cc(Br)c32)cc1. The van der Waals surface area contributed by atoms with Gasteiger partial charge in [0, 0.05) is 42.7 Å². The standard InChI is InChI=1S/C39H40Br2Cl2N4O6S2/c1-25(2)26-11-13-30(14-12-26)55(50,51)47-24-36(32-20-28(43)22-34(41)39(32)47)53-18-16-45(5)37(44(3)4)15-17-52-35-23-46(38-31(35)19-27(42)21-33(38)40)54(48,49)29-9-7-6-8-10-29/h6-14,19-25,37H,15-18H2,1-5H3. The molecule has 6 aromatic rings. The number of hydrogen-bond acceptors (Lipinski definition) is 8. The molecule has 1 atom stereocenters. The van der Waals surface area contributed by atoms with Crippen molar-refractivity contribution in [3.63, 3.8) is 0 Å². The van der Waals surface area contributed by atoms with E-state index in [1.54, 1.807) is 66.7 Å². The van der Waals surface area contributed by atoms with Gasteiger partial charge in [-0.05, 0) is 113 Å². The van der Waals surface area contributed by atoms with Gasteiger partial charge in [0.25, 0.3) is 20.0 Å². The van der Waals surface area contributed by atoms with Crippen LogP contribution in [-0.2, 0) is 20.0 Å². The highest BCUT2D eigenvalue weighted by atomic mass is 79.9. The Hall–Kier alpha value is -3.08. The van der Waals surface area contributed by atoms with Gasteiger partial charge < -0.3 is 9.47 Å². The number of ether oxygens (including phenoxy) is 2. The Balaban J connectivity index is 1.18. The first-order chi connectivity index (χ1) is 26.0. The van der Waals surface area contributed by atoms with Crippen LogP contribution in [0, 0.1) is 0 Å². The minimum absolute atomic E-state index is 0.0977. The Morgan fingerprint density at radius 1 is 0.691 bits per heavy atom. The maximum atomic E-state index is 13.9. The highest BCUT2D eigenvalue weighted by Gasteiger charge is 2.27. The first-order valence-electron chi connectivity index (χ1n) is 17.3. The van der Waals surface area contributed by atoms with Crippen LogP contribution in [-0.4, -0.2) is 81.6 Å². The molecule has 10 nitrogen and oxygen atoms in total. The Bertz CT molecular complexity index is 2560. The van der Waals surface area contributed by atoms with Crippen molar-refractivity contribution >= 4 is 96.9 Å². The third-order valence-electron chi connectivity index (χ3n) is 9.34. The summed E-state index contributed by atoms with van der Waals surface area (Å²) in [5.74, 6) is 1.03. The van der Waals surface area contributed by atoms with Gasteiger partial charge in [0.2, 0.25) is 0 Å². The summed E-state index contributed by atoms with van der Waals surface area (Å²) in [5.41, 5.74) is 1.89. The second-order valence-electron chi connectivity index (χ2n) is 13.6. The van der Waals surface area contributed by atoms with Crippen molar-refractivity contribution in [2.45, 2.75) is 42.1 Å². The van der Waals surface area contributed by atoms with E-state index in [9.17, 15) is 16.8 Å². The van der Waals surface area contributed by atoms with Crippen molar-refractivity contribution in [3.05, 3.63) is 116 Å². The topological polar surface area (TPSA) is 103 Å². The largest absolute Gasteiger partial charge is 0.491 e. The van der Waals surface area contributed by atoms with E-state index in [1.165, 1.54) is 20.3 Å². The second kappa shape index (κ2) is 16.8. The summed E-state index contributed by atoms with van der Waals surface area (Å²) in [5, 5.41) is 1.98. The lowest BCUT2D eigenvalue weighted by Gasteiger charge is -2.33. The first kappa shape index (κ1) is 41.6. The van der Waals surface area contributed by atoms with Gasteiger partial charge in [0.05, 0.1) is 46.0 Å². The number of benzene rings is 4. The molecule has 0 saturated heterocycles. The molecule has 0 amide bonds. The Labute approximate surface area is 348 Å². The molecule has 6 rings (SSSR count). The van der Waals surface area contributed by atoms with E-state index >= 15 is 0 Å². The fourth-order valence-corrected chi connectivity index (χ4v) is 11.5. The molecule has 0 N–H and O–H groups in total. The predicted molar refractivity (Wildman–Crippen MR) is 227 cm³/mol. The average molecular weight is 956 g/mol. The number of nitrogens with zero attached hydrogens (tertiary/aromatic N) is 4. The zero-order chi connectivity index (χ0) is 39.8. The molecule has 0 aliphatic heterocycles. The van der Waals surface area contributed by atoms with Crippen LogP contribution in [0.2, 0.25) is 10.0 Å². The summed E-state index contributed by atoms with van der Waals surface area (Å²) < 4.78 is 71.3. The van der Waals surface area contributed by atoms with E-state index in [-0.39, 0.29) is 35.1 Å². The van der Waals surface area contributed by atoms with Crippen molar-refractivity contribution < 1.29 is 26.3 Å². The van der Waals surface area contributed by atoms with Gasteiger partial charge in [-0.2, -0.15) is 0 Å². The van der Waals surface area contributed by atoms with Crippen LogP contribution in [0.25, 0.3) is 21.8 Å². The Morgan fingerprint density at radius 3 is 1.64 bits per heavy atom. The van der Waals surface area contributed by atoms with Gasteiger partial charge in [-0.15, -0.1) is 0 Å². The van der Waals surface area contributed by atoms with Crippen LogP contribution in [0.3, 0.4) is 0 Å². The van der Waals surface area contributed by atoms with E-state index in [1.807, 2.05) is 33.3 Å². The lowest BCUT2D eigenvalue weighted by Crippen LogP contribution is -2.45. The molecule has 0 aliphatic rings. The van der Waals surface area contributed by atoms with Crippen molar-refractivity contribution in [1.29, 1.82) is 0 Å². The summed E-state index contributed by atoms with van der Waals surface area (Å²) in [6.07, 6.45) is 3.44. The number of aromatic nitrogens is 2. The highest BCUT2D eigenvalue weighted by molar-refractivity contribution is 9.11. The molecule has 1 unspecified atom stereocenters. The van der Waals surface area contributed by atoms with Crippen LogP contribution < -0.4 is 9.47 Å². The number of rotatable bonds is 15. The number of halogens is 4. The minimum atomic E-state index is -3.97. The van der Waals surface area contributed by atoms with Crippen LogP contribution >= 0.6 is 55.1 Å². The van der Waals surface area contributed by atoms with E-state index in [2.05, 4.69) is 55.5 Å². The van der Waals surface area contributed by atoms with Crippen LogP contribution in [0.5, 0.6) is 11.5 Å². The van der Waals surface area contributed by atoms with Gasteiger partial charge in [0.1, 0.15) is 18.1 Å². The molecule has 0 bridgehead atoms. The molecule has 16 heteroatoms. The molecule has 292 valence electrons. The molecule has 2 aromatic heterocycles. The molecular weight excluding hydrogens is 915 g/mol. The van der Waals surface area contributed by atoms with Gasteiger partial charge in [0.15, 0.2) is 0 Å². The molecule has 0 spiro atoms. The lowest BCUT2D eigenvalue weighted by molar-refractivity contribution is 0.0702. The number of likely N-dealkylation sites (N-methyl/N-ethyl adjacent to an activating group) is 1. The zero-order valence-corrected chi connectivity index (χ0v) is 37.0. The first-order valence-corrected chi connectivity index (χ1v) is 22.5.